The molecular weight excluding hydrogens is 224 g/mol. The van der Waals surface area contributed by atoms with E-state index in [9.17, 15) is 9.00 Å². The molecule has 0 bridgehead atoms. The van der Waals surface area contributed by atoms with Crippen LogP contribution in [0.3, 0.4) is 0 Å². The molecule has 0 atom stereocenters. The summed E-state index contributed by atoms with van der Waals surface area (Å²) < 4.78 is 11.2. The lowest BCUT2D eigenvalue weighted by molar-refractivity contribution is -0.136. The minimum atomic E-state index is -0.662. The van der Waals surface area contributed by atoms with Crippen molar-refractivity contribution >= 4 is 16.7 Å². The SMILES string of the molecule is NCC1(C(=O)NC2CCS(=O)CC2)CCC1. The summed E-state index contributed by atoms with van der Waals surface area (Å²) in [5.74, 6) is 1.57. The summed E-state index contributed by atoms with van der Waals surface area (Å²) in [7, 11) is -0.662. The predicted octanol–water partition coefficient (Wildman–Crippen LogP) is 0.143. The van der Waals surface area contributed by atoms with Gasteiger partial charge in [-0.2, -0.15) is 0 Å². The van der Waals surface area contributed by atoms with E-state index in [0.717, 1.165) is 43.6 Å². The first-order valence-corrected chi connectivity index (χ1v) is 7.51. The average Bonchev–Trinajstić information content (AvgIpc) is 2.21. The zero-order valence-corrected chi connectivity index (χ0v) is 10.4. The Morgan fingerprint density at radius 3 is 2.44 bits per heavy atom. The number of hydrogen-bond donors (Lipinski definition) is 2. The maximum atomic E-state index is 12.1. The van der Waals surface area contributed by atoms with E-state index in [1.54, 1.807) is 0 Å². The first-order chi connectivity index (χ1) is 7.66. The number of hydrogen-bond acceptors (Lipinski definition) is 3. The van der Waals surface area contributed by atoms with Crippen LogP contribution in [0, 0.1) is 5.41 Å². The number of nitrogens with one attached hydrogen (secondary N) is 1. The highest BCUT2D eigenvalue weighted by Crippen LogP contribution is 2.40. The van der Waals surface area contributed by atoms with Gasteiger partial charge in [0.15, 0.2) is 0 Å². The van der Waals surface area contributed by atoms with Crippen LogP contribution in [0.2, 0.25) is 0 Å². The molecule has 1 heterocycles. The molecule has 3 N–H and O–H groups in total. The Kier molecular flexibility index (Phi) is 3.64. The second-order valence-corrected chi connectivity index (χ2v) is 6.63. The van der Waals surface area contributed by atoms with Crippen LogP contribution >= 0.6 is 0 Å². The highest BCUT2D eigenvalue weighted by Gasteiger charge is 2.43. The van der Waals surface area contributed by atoms with E-state index in [2.05, 4.69) is 5.32 Å². The van der Waals surface area contributed by atoms with Crippen LogP contribution in [0.25, 0.3) is 0 Å². The molecule has 1 saturated heterocycles. The van der Waals surface area contributed by atoms with Crippen LogP contribution in [-0.4, -0.2) is 34.2 Å². The van der Waals surface area contributed by atoms with E-state index < -0.39 is 10.8 Å². The maximum absolute atomic E-state index is 12.1. The fraction of sp³-hybridized carbons (Fsp3) is 0.909. The molecule has 0 aromatic carbocycles. The van der Waals surface area contributed by atoms with Crippen LogP contribution in [0.15, 0.2) is 0 Å². The molecule has 2 rings (SSSR count). The smallest absolute Gasteiger partial charge is 0.227 e. The van der Waals surface area contributed by atoms with Gasteiger partial charge in [-0.1, -0.05) is 6.42 Å². The number of carbonyl (C=O) groups is 1. The summed E-state index contributed by atoms with van der Waals surface area (Å²) in [4.78, 5) is 12.1. The Labute approximate surface area is 98.8 Å². The Hall–Kier alpha value is -0.420. The van der Waals surface area contributed by atoms with Gasteiger partial charge in [0.05, 0.1) is 5.41 Å². The quantitative estimate of drug-likeness (QED) is 0.742. The van der Waals surface area contributed by atoms with E-state index in [0.29, 0.717) is 6.54 Å². The summed E-state index contributed by atoms with van der Waals surface area (Å²) in [6.07, 6.45) is 4.65. The zero-order chi connectivity index (χ0) is 11.6. The lowest BCUT2D eigenvalue weighted by atomic mass is 9.68. The van der Waals surface area contributed by atoms with Crippen molar-refractivity contribution in [3.8, 4) is 0 Å². The minimum absolute atomic E-state index is 0.124. The van der Waals surface area contributed by atoms with Crippen LogP contribution in [0.4, 0.5) is 0 Å². The largest absolute Gasteiger partial charge is 0.353 e. The van der Waals surface area contributed by atoms with E-state index >= 15 is 0 Å². The Balaban J connectivity index is 1.85. The number of carbonyl (C=O) groups excluding carboxylic acids is 1. The Morgan fingerprint density at radius 1 is 1.38 bits per heavy atom. The van der Waals surface area contributed by atoms with Gasteiger partial charge < -0.3 is 11.1 Å². The van der Waals surface area contributed by atoms with Gasteiger partial charge in [0.25, 0.3) is 0 Å². The topological polar surface area (TPSA) is 72.2 Å². The second-order valence-electron chi connectivity index (χ2n) is 4.93. The molecule has 5 heteroatoms. The van der Waals surface area contributed by atoms with Crippen molar-refractivity contribution in [2.45, 2.75) is 38.1 Å². The molecule has 2 aliphatic rings. The van der Waals surface area contributed by atoms with Gasteiger partial charge in [-0.05, 0) is 25.7 Å². The molecule has 4 nitrogen and oxygen atoms in total. The molecule has 0 spiro atoms. The number of nitrogens with two attached hydrogens (primary N) is 1. The summed E-state index contributed by atoms with van der Waals surface area (Å²) in [6, 6.07) is 0.217. The van der Waals surface area contributed by atoms with Gasteiger partial charge in [0, 0.05) is 34.9 Å². The van der Waals surface area contributed by atoms with Crippen molar-refractivity contribution in [2.75, 3.05) is 18.1 Å². The second kappa shape index (κ2) is 4.84. The van der Waals surface area contributed by atoms with E-state index in [4.69, 9.17) is 5.73 Å². The molecule has 2 fully saturated rings. The van der Waals surface area contributed by atoms with E-state index in [1.807, 2.05) is 0 Å². The molecular formula is C11H20N2O2S. The molecule has 1 amide bonds. The van der Waals surface area contributed by atoms with Crippen molar-refractivity contribution < 1.29 is 9.00 Å². The molecule has 0 aromatic heterocycles. The summed E-state index contributed by atoms with van der Waals surface area (Å²) >= 11 is 0. The molecule has 0 unspecified atom stereocenters. The summed E-state index contributed by atoms with van der Waals surface area (Å²) in [6.45, 7) is 0.456. The molecule has 1 saturated carbocycles. The number of rotatable bonds is 3. The average molecular weight is 244 g/mol. The molecule has 92 valence electrons. The first-order valence-electron chi connectivity index (χ1n) is 6.02. The molecule has 0 radical (unpaired) electrons. The lowest BCUT2D eigenvalue weighted by Gasteiger charge is -2.40. The molecule has 1 aliphatic heterocycles. The highest BCUT2D eigenvalue weighted by atomic mass is 32.2. The third-order valence-electron chi connectivity index (χ3n) is 3.91. The predicted molar refractivity (Wildman–Crippen MR) is 64.4 cm³/mol. The van der Waals surface area contributed by atoms with Crippen LogP contribution in [0.5, 0.6) is 0 Å². The summed E-state index contributed by atoms with van der Waals surface area (Å²) in [5, 5.41) is 3.08. The maximum Gasteiger partial charge on any atom is 0.227 e. The van der Waals surface area contributed by atoms with Crippen molar-refractivity contribution in [2.24, 2.45) is 11.1 Å². The van der Waals surface area contributed by atoms with E-state index in [-0.39, 0.29) is 17.4 Å². The van der Waals surface area contributed by atoms with E-state index in [1.165, 1.54) is 0 Å². The normalized spacial score (nSPS) is 32.8. The van der Waals surface area contributed by atoms with Crippen molar-refractivity contribution in [3.05, 3.63) is 0 Å². The van der Waals surface area contributed by atoms with Crippen molar-refractivity contribution in [3.63, 3.8) is 0 Å². The highest BCUT2D eigenvalue weighted by molar-refractivity contribution is 7.85. The molecule has 1 aliphatic carbocycles. The van der Waals surface area contributed by atoms with Crippen LogP contribution in [0.1, 0.15) is 32.1 Å². The van der Waals surface area contributed by atoms with Gasteiger partial charge in [0.2, 0.25) is 5.91 Å². The van der Waals surface area contributed by atoms with Gasteiger partial charge >= 0.3 is 0 Å². The van der Waals surface area contributed by atoms with Gasteiger partial charge in [-0.15, -0.1) is 0 Å². The zero-order valence-electron chi connectivity index (χ0n) is 9.54. The monoisotopic (exact) mass is 244 g/mol. The third kappa shape index (κ3) is 2.30. The van der Waals surface area contributed by atoms with Gasteiger partial charge in [0.1, 0.15) is 0 Å². The molecule has 16 heavy (non-hydrogen) atoms. The van der Waals surface area contributed by atoms with Crippen LogP contribution in [-0.2, 0) is 15.6 Å². The fourth-order valence-electron chi connectivity index (χ4n) is 2.40. The van der Waals surface area contributed by atoms with Gasteiger partial charge in [-0.3, -0.25) is 9.00 Å². The van der Waals surface area contributed by atoms with Crippen LogP contribution < -0.4 is 11.1 Å². The number of amides is 1. The fourth-order valence-corrected chi connectivity index (χ4v) is 3.70. The molecule has 0 aromatic rings. The van der Waals surface area contributed by atoms with Gasteiger partial charge in [-0.25, -0.2) is 0 Å². The third-order valence-corrected chi connectivity index (χ3v) is 5.29. The van der Waals surface area contributed by atoms with Crippen molar-refractivity contribution in [1.29, 1.82) is 0 Å². The Morgan fingerprint density at radius 2 is 2.00 bits per heavy atom. The summed E-state index contributed by atoms with van der Waals surface area (Å²) in [5.41, 5.74) is 5.41. The van der Waals surface area contributed by atoms with Crippen molar-refractivity contribution in [1.82, 2.24) is 5.32 Å². The standard InChI is InChI=1S/C11H20N2O2S/c12-8-11(4-1-5-11)10(14)13-9-2-6-16(15)7-3-9/h9H,1-8,12H2,(H,13,14). The minimum Gasteiger partial charge on any atom is -0.353 e. The lowest BCUT2D eigenvalue weighted by Crippen LogP contribution is -2.53. The Bertz CT molecular complexity index is 287. The first kappa shape index (κ1) is 12.0.